The third-order valence-electron chi connectivity index (χ3n) is 7.43. The van der Waals surface area contributed by atoms with Crippen LogP contribution < -0.4 is 14.5 Å². The molecule has 5 rings (SSSR count). The van der Waals surface area contributed by atoms with Crippen LogP contribution >= 0.6 is 11.6 Å². The summed E-state index contributed by atoms with van der Waals surface area (Å²) < 4.78 is 27.6. The van der Waals surface area contributed by atoms with Crippen LogP contribution in [0.25, 0.3) is 10.8 Å². The van der Waals surface area contributed by atoms with Crippen molar-refractivity contribution < 1.29 is 18.7 Å². The summed E-state index contributed by atoms with van der Waals surface area (Å²) in [6, 6.07) is -0.378. The fraction of sp³-hybridized carbons (Fsp3) is 0.640. The summed E-state index contributed by atoms with van der Waals surface area (Å²) in [5.41, 5.74) is -0.397. The molecule has 0 aliphatic carbocycles. The van der Waals surface area contributed by atoms with Crippen LogP contribution in [0.2, 0.25) is 5.15 Å². The van der Waals surface area contributed by atoms with Gasteiger partial charge in [0, 0.05) is 31.6 Å². The number of nitrogens with zero attached hydrogens (tertiary/aromatic N) is 5. The molecule has 3 aliphatic heterocycles. The molecule has 0 unspecified atom stereocenters. The van der Waals surface area contributed by atoms with Gasteiger partial charge >= 0.3 is 6.09 Å². The van der Waals surface area contributed by atoms with E-state index in [1.807, 2.05) is 58.5 Å². The predicted molar refractivity (Wildman–Crippen MR) is 134 cm³/mol. The maximum absolute atomic E-state index is 15.5. The number of ether oxygens (including phenoxy) is 2. The minimum Gasteiger partial charge on any atom is -0.472 e. The van der Waals surface area contributed by atoms with E-state index >= 15 is 4.39 Å². The summed E-state index contributed by atoms with van der Waals surface area (Å²) in [7, 11) is 3.77. The number of hydrogen-bond donors (Lipinski definition) is 0. The fourth-order valence-electron chi connectivity index (χ4n) is 6.12. The van der Waals surface area contributed by atoms with E-state index in [0.717, 1.165) is 12.8 Å². The molecule has 0 N–H and O–H groups in total. The number of rotatable bonds is 1. The minimum absolute atomic E-state index is 0.158. The lowest BCUT2D eigenvalue weighted by Crippen LogP contribution is -2.69. The molecule has 10 heteroatoms. The standard InChI is InChI=1S/C25H33ClFN5O3/c1-12-15-16-21(29-20(12)30(7)8)31-11-25(6)10-9-14(32(25)23(33)35-24(3,4)5)18(31)13(2)34-22(16)28-19(26)17(15)27/h13-14,18H,9-11H2,1-8H3/t13-,14-,18+,25+/m0/s1. The molecule has 0 aromatic carbocycles. The summed E-state index contributed by atoms with van der Waals surface area (Å²) in [5, 5.41) is 0.667. The van der Waals surface area contributed by atoms with E-state index < -0.39 is 17.0 Å². The van der Waals surface area contributed by atoms with Gasteiger partial charge in [-0.15, -0.1) is 0 Å². The van der Waals surface area contributed by atoms with E-state index in [9.17, 15) is 4.79 Å². The topological polar surface area (TPSA) is 71.0 Å². The zero-order valence-corrected chi connectivity index (χ0v) is 22.3. The molecule has 190 valence electrons. The highest BCUT2D eigenvalue weighted by Crippen LogP contribution is 2.50. The number of aromatic nitrogens is 2. The van der Waals surface area contributed by atoms with E-state index in [-0.39, 0.29) is 35.3 Å². The van der Waals surface area contributed by atoms with Gasteiger partial charge in [-0.05, 0) is 54.4 Å². The molecule has 2 saturated heterocycles. The molecule has 0 saturated carbocycles. The molecule has 5 heterocycles. The summed E-state index contributed by atoms with van der Waals surface area (Å²) in [5.74, 6) is 0.962. The van der Waals surface area contributed by atoms with Crippen LogP contribution in [0.1, 0.15) is 53.0 Å². The molecular formula is C25H33ClFN5O3. The van der Waals surface area contributed by atoms with Crippen LogP contribution in [0.3, 0.4) is 0 Å². The van der Waals surface area contributed by atoms with Gasteiger partial charge in [0.1, 0.15) is 23.3 Å². The van der Waals surface area contributed by atoms with Crippen LogP contribution in [0.5, 0.6) is 5.88 Å². The van der Waals surface area contributed by atoms with Crippen LogP contribution in [0.4, 0.5) is 20.8 Å². The highest BCUT2D eigenvalue weighted by molar-refractivity contribution is 6.30. The number of anilines is 2. The van der Waals surface area contributed by atoms with Gasteiger partial charge in [0.2, 0.25) is 5.88 Å². The Balaban J connectivity index is 1.72. The van der Waals surface area contributed by atoms with E-state index in [1.54, 1.807) is 0 Å². The number of hydrogen-bond acceptors (Lipinski definition) is 7. The molecule has 8 nitrogen and oxygen atoms in total. The van der Waals surface area contributed by atoms with Gasteiger partial charge in [-0.3, -0.25) is 4.90 Å². The maximum atomic E-state index is 15.5. The Labute approximate surface area is 210 Å². The summed E-state index contributed by atoms with van der Waals surface area (Å²) in [6.45, 7) is 12.0. The molecule has 2 aromatic rings. The summed E-state index contributed by atoms with van der Waals surface area (Å²) in [4.78, 5) is 28.6. The zero-order chi connectivity index (χ0) is 25.6. The van der Waals surface area contributed by atoms with Crippen LogP contribution in [0, 0.1) is 12.7 Å². The lowest BCUT2D eigenvalue weighted by Gasteiger charge is -2.52. The van der Waals surface area contributed by atoms with E-state index in [0.29, 0.717) is 34.5 Å². The normalized spacial score (nSPS) is 27.4. The second-order valence-electron chi connectivity index (χ2n) is 11.4. The molecule has 2 fully saturated rings. The molecule has 1 amide bonds. The number of halogens is 2. The van der Waals surface area contributed by atoms with Gasteiger partial charge in [0.25, 0.3) is 0 Å². The predicted octanol–water partition coefficient (Wildman–Crippen LogP) is 4.92. The van der Waals surface area contributed by atoms with Gasteiger partial charge in [-0.25, -0.2) is 14.2 Å². The van der Waals surface area contributed by atoms with Crippen LogP contribution in [-0.2, 0) is 4.74 Å². The molecular weight excluding hydrogens is 473 g/mol. The monoisotopic (exact) mass is 505 g/mol. The Kier molecular flexibility index (Phi) is 5.33. The summed E-state index contributed by atoms with van der Waals surface area (Å²) in [6.07, 6.45) is 0.951. The largest absolute Gasteiger partial charge is 0.472 e. The number of fused-ring (bicyclic) bond motifs is 5. The molecule has 2 bridgehead atoms. The Morgan fingerprint density at radius 2 is 1.97 bits per heavy atom. The molecule has 35 heavy (non-hydrogen) atoms. The highest BCUT2D eigenvalue weighted by atomic mass is 35.5. The van der Waals surface area contributed by atoms with Crippen molar-refractivity contribution in [1.29, 1.82) is 0 Å². The number of piperazine rings is 1. The average Bonchev–Trinajstić information content (AvgIpc) is 2.91. The van der Waals surface area contributed by atoms with Crippen LogP contribution in [0.15, 0.2) is 0 Å². The van der Waals surface area contributed by atoms with E-state index in [4.69, 9.17) is 26.1 Å². The minimum atomic E-state index is -0.602. The second-order valence-corrected chi connectivity index (χ2v) is 11.8. The van der Waals surface area contributed by atoms with Crippen LogP contribution in [-0.4, -0.2) is 70.9 Å². The first-order valence-corrected chi connectivity index (χ1v) is 12.4. The van der Waals surface area contributed by atoms with Gasteiger partial charge in [0.15, 0.2) is 11.0 Å². The van der Waals surface area contributed by atoms with Crippen molar-refractivity contribution in [1.82, 2.24) is 14.9 Å². The average molecular weight is 506 g/mol. The van der Waals surface area contributed by atoms with Crippen molar-refractivity contribution in [3.63, 3.8) is 0 Å². The zero-order valence-electron chi connectivity index (χ0n) is 21.6. The number of carbonyl (C=O) groups excluding carboxylic acids is 1. The van der Waals surface area contributed by atoms with E-state index in [1.165, 1.54) is 0 Å². The molecule has 2 aromatic heterocycles. The van der Waals surface area contributed by atoms with E-state index in [2.05, 4.69) is 16.8 Å². The number of carbonyl (C=O) groups is 1. The SMILES string of the molecule is Cc1c(N(C)C)nc2c3c(nc(Cl)c(F)c13)O[C@@H](C)[C@@H]1[C@@H]3CC[C@](C)(CN21)N3C(=O)OC(C)(C)C. The molecule has 0 radical (unpaired) electrons. The van der Waals surface area contributed by atoms with Crippen molar-refractivity contribution >= 4 is 40.1 Å². The lowest BCUT2D eigenvalue weighted by molar-refractivity contribution is -0.0165. The van der Waals surface area contributed by atoms with Crippen molar-refractivity contribution in [3.05, 3.63) is 16.5 Å². The van der Waals surface area contributed by atoms with Gasteiger partial charge < -0.3 is 19.3 Å². The quantitative estimate of drug-likeness (QED) is 0.509. The maximum Gasteiger partial charge on any atom is 0.411 e. The van der Waals surface area contributed by atoms with Crippen molar-refractivity contribution in [3.8, 4) is 5.88 Å². The fourth-order valence-corrected chi connectivity index (χ4v) is 6.29. The smallest absolute Gasteiger partial charge is 0.411 e. The number of amides is 1. The highest BCUT2D eigenvalue weighted by Gasteiger charge is 2.59. The van der Waals surface area contributed by atoms with Crippen molar-refractivity contribution in [2.45, 2.75) is 83.7 Å². The third kappa shape index (κ3) is 3.57. The number of aryl methyl sites for hydroxylation is 1. The Bertz CT molecular complexity index is 1230. The molecule has 4 atom stereocenters. The van der Waals surface area contributed by atoms with Gasteiger partial charge in [-0.2, -0.15) is 4.98 Å². The Morgan fingerprint density at radius 1 is 1.29 bits per heavy atom. The van der Waals surface area contributed by atoms with Gasteiger partial charge in [0.05, 0.1) is 23.0 Å². The van der Waals surface area contributed by atoms with Gasteiger partial charge in [-0.1, -0.05) is 11.6 Å². The number of pyridine rings is 2. The third-order valence-corrected chi connectivity index (χ3v) is 7.68. The molecule has 0 spiro atoms. The van der Waals surface area contributed by atoms with Crippen molar-refractivity contribution in [2.24, 2.45) is 0 Å². The first-order chi connectivity index (χ1) is 16.2. The van der Waals surface area contributed by atoms with Crippen molar-refractivity contribution in [2.75, 3.05) is 30.4 Å². The Morgan fingerprint density at radius 3 is 2.60 bits per heavy atom. The summed E-state index contributed by atoms with van der Waals surface area (Å²) >= 11 is 6.23. The first kappa shape index (κ1) is 24.2. The lowest BCUT2D eigenvalue weighted by atomic mass is 9.93. The first-order valence-electron chi connectivity index (χ1n) is 12.1. The second kappa shape index (κ2) is 7.72. The Hall–Kier alpha value is -2.55. The molecule has 3 aliphatic rings.